The molecule has 0 spiro atoms. The molecule has 1 atom stereocenters. The summed E-state index contributed by atoms with van der Waals surface area (Å²) in [7, 11) is 1.61. The number of hydrogen-bond donors (Lipinski definition) is 0. The third-order valence-electron chi connectivity index (χ3n) is 3.86. The van der Waals surface area contributed by atoms with Crippen LogP contribution in [0.2, 0.25) is 5.02 Å². The second kappa shape index (κ2) is 6.50. The third-order valence-corrected chi connectivity index (χ3v) is 4.09. The van der Waals surface area contributed by atoms with Crippen molar-refractivity contribution in [1.82, 2.24) is 0 Å². The molecule has 0 unspecified atom stereocenters. The molecule has 0 radical (unpaired) electrons. The summed E-state index contributed by atoms with van der Waals surface area (Å²) in [5.41, 5.74) is 1.85. The lowest BCUT2D eigenvalue weighted by molar-refractivity contribution is -0.117. The largest absolute Gasteiger partial charge is 0.496 e. The van der Waals surface area contributed by atoms with E-state index in [1.165, 1.54) is 0 Å². The van der Waals surface area contributed by atoms with E-state index in [9.17, 15) is 4.79 Å². The molecule has 0 N–H and O–H groups in total. The summed E-state index contributed by atoms with van der Waals surface area (Å²) in [4.78, 5) is 11.8. The van der Waals surface area contributed by atoms with Crippen molar-refractivity contribution in [3.8, 4) is 17.2 Å². The fourth-order valence-electron chi connectivity index (χ4n) is 2.80. The fraction of sp³-hybridized carbons (Fsp3) is 0.278. The lowest BCUT2D eigenvalue weighted by Gasteiger charge is -2.20. The molecule has 1 aliphatic heterocycles. The van der Waals surface area contributed by atoms with Crippen molar-refractivity contribution < 1.29 is 19.0 Å². The van der Waals surface area contributed by atoms with Crippen molar-refractivity contribution in [2.45, 2.75) is 19.3 Å². The molecule has 0 aromatic heterocycles. The Balaban J connectivity index is 2.08. The number of ether oxygens (including phenoxy) is 3. The van der Waals surface area contributed by atoms with Crippen LogP contribution in [0.4, 0.5) is 0 Å². The van der Waals surface area contributed by atoms with Gasteiger partial charge in [-0.2, -0.15) is 0 Å². The summed E-state index contributed by atoms with van der Waals surface area (Å²) in [5, 5.41) is 0.607. The number of fused-ring (bicyclic) bond motifs is 1. The highest BCUT2D eigenvalue weighted by Gasteiger charge is 2.23. The Hall–Kier alpha value is -2.20. The van der Waals surface area contributed by atoms with Crippen LogP contribution in [-0.4, -0.2) is 19.7 Å². The quantitative estimate of drug-likeness (QED) is 0.823. The summed E-state index contributed by atoms with van der Waals surface area (Å²) in [6.07, 6.45) is 0.357. The zero-order valence-electron chi connectivity index (χ0n) is 13.0. The summed E-state index contributed by atoms with van der Waals surface area (Å²) in [6, 6.07) is 11.2. The van der Waals surface area contributed by atoms with Gasteiger partial charge in [-0.1, -0.05) is 17.7 Å². The molecule has 0 fully saturated rings. The molecule has 0 bridgehead atoms. The minimum absolute atomic E-state index is 0.0923. The third kappa shape index (κ3) is 3.27. The number of methoxy groups -OCH3 is 1. The Morgan fingerprint density at radius 2 is 2.00 bits per heavy atom. The Morgan fingerprint density at radius 1 is 1.22 bits per heavy atom. The molecule has 5 heteroatoms. The van der Waals surface area contributed by atoms with Gasteiger partial charge in [-0.3, -0.25) is 4.79 Å². The number of carbonyl (C=O) groups is 1. The van der Waals surface area contributed by atoms with Crippen LogP contribution < -0.4 is 14.2 Å². The first kappa shape index (κ1) is 15.7. The van der Waals surface area contributed by atoms with Crippen molar-refractivity contribution in [2.75, 3.05) is 13.9 Å². The van der Waals surface area contributed by atoms with E-state index >= 15 is 0 Å². The van der Waals surface area contributed by atoms with Crippen LogP contribution in [0.25, 0.3) is 0 Å². The summed E-state index contributed by atoms with van der Waals surface area (Å²) in [5.74, 6) is 2.05. The first-order chi connectivity index (χ1) is 11.1. The number of carbonyl (C=O) groups excluding carboxylic acids is 1. The van der Waals surface area contributed by atoms with E-state index in [0.717, 1.165) is 11.1 Å². The van der Waals surface area contributed by atoms with E-state index in [1.54, 1.807) is 20.1 Å². The molecule has 120 valence electrons. The van der Waals surface area contributed by atoms with Crippen molar-refractivity contribution in [3.05, 3.63) is 52.5 Å². The van der Waals surface area contributed by atoms with Crippen LogP contribution in [0.1, 0.15) is 30.4 Å². The Labute approximate surface area is 139 Å². The van der Waals surface area contributed by atoms with Crippen molar-refractivity contribution in [1.29, 1.82) is 0 Å². The number of halogens is 1. The van der Waals surface area contributed by atoms with Crippen molar-refractivity contribution >= 4 is 17.4 Å². The molecule has 4 nitrogen and oxygen atoms in total. The van der Waals surface area contributed by atoms with E-state index in [-0.39, 0.29) is 18.5 Å². The average Bonchev–Trinajstić information content (AvgIpc) is 3.00. The Kier molecular flexibility index (Phi) is 4.44. The maximum absolute atomic E-state index is 11.8. The van der Waals surface area contributed by atoms with Crippen LogP contribution in [-0.2, 0) is 4.79 Å². The topological polar surface area (TPSA) is 44.8 Å². The van der Waals surface area contributed by atoms with Crippen LogP contribution in [0.3, 0.4) is 0 Å². The molecule has 0 saturated carbocycles. The number of benzene rings is 2. The van der Waals surface area contributed by atoms with Gasteiger partial charge >= 0.3 is 0 Å². The number of Topliss-reactive ketones (excluding diaryl/α,β-unsaturated/α-hetero) is 1. The molecular weight excluding hydrogens is 316 g/mol. The van der Waals surface area contributed by atoms with Crippen LogP contribution in [0, 0.1) is 0 Å². The lowest BCUT2D eigenvalue weighted by Crippen LogP contribution is -2.08. The Morgan fingerprint density at radius 3 is 2.74 bits per heavy atom. The SMILES string of the molecule is COc1ccc(Cl)cc1[C@H](CC(C)=O)c1ccc2c(c1)OCO2. The highest BCUT2D eigenvalue weighted by atomic mass is 35.5. The average molecular weight is 333 g/mol. The molecule has 2 aromatic carbocycles. The van der Waals surface area contributed by atoms with Gasteiger partial charge in [0.15, 0.2) is 11.5 Å². The molecule has 0 aliphatic carbocycles. The van der Waals surface area contributed by atoms with Crippen LogP contribution in [0.5, 0.6) is 17.2 Å². The summed E-state index contributed by atoms with van der Waals surface area (Å²) in [6.45, 7) is 1.80. The maximum atomic E-state index is 11.8. The van der Waals surface area contributed by atoms with Gasteiger partial charge in [-0.05, 0) is 42.8 Å². The normalized spacial score (nSPS) is 13.7. The summed E-state index contributed by atoms with van der Waals surface area (Å²) < 4.78 is 16.2. The van der Waals surface area contributed by atoms with Gasteiger partial charge < -0.3 is 14.2 Å². The zero-order valence-corrected chi connectivity index (χ0v) is 13.7. The molecule has 1 aliphatic rings. The van der Waals surface area contributed by atoms with E-state index in [0.29, 0.717) is 28.7 Å². The molecular formula is C18H17ClO4. The van der Waals surface area contributed by atoms with Crippen molar-refractivity contribution in [2.24, 2.45) is 0 Å². The van der Waals surface area contributed by atoms with Gasteiger partial charge in [0, 0.05) is 22.9 Å². The van der Waals surface area contributed by atoms with Crippen LogP contribution in [0.15, 0.2) is 36.4 Å². The molecule has 3 rings (SSSR count). The Bertz CT molecular complexity index is 742. The lowest BCUT2D eigenvalue weighted by atomic mass is 9.86. The second-order valence-corrected chi connectivity index (χ2v) is 5.89. The monoisotopic (exact) mass is 332 g/mol. The molecule has 1 heterocycles. The molecule has 0 amide bonds. The van der Waals surface area contributed by atoms with Crippen molar-refractivity contribution in [3.63, 3.8) is 0 Å². The predicted molar refractivity (Wildman–Crippen MR) is 87.7 cm³/mol. The van der Waals surface area contributed by atoms with E-state index in [4.69, 9.17) is 25.8 Å². The maximum Gasteiger partial charge on any atom is 0.231 e. The number of ketones is 1. The summed E-state index contributed by atoms with van der Waals surface area (Å²) >= 11 is 6.15. The predicted octanol–water partition coefficient (Wildman–Crippen LogP) is 4.19. The second-order valence-electron chi connectivity index (χ2n) is 5.46. The van der Waals surface area contributed by atoms with Gasteiger partial charge in [0.05, 0.1) is 7.11 Å². The van der Waals surface area contributed by atoms with Gasteiger partial charge in [-0.25, -0.2) is 0 Å². The van der Waals surface area contributed by atoms with E-state index in [1.807, 2.05) is 30.3 Å². The molecule has 0 saturated heterocycles. The highest BCUT2D eigenvalue weighted by Crippen LogP contribution is 2.40. The highest BCUT2D eigenvalue weighted by molar-refractivity contribution is 6.30. The smallest absolute Gasteiger partial charge is 0.231 e. The van der Waals surface area contributed by atoms with Gasteiger partial charge in [0.2, 0.25) is 6.79 Å². The zero-order chi connectivity index (χ0) is 16.4. The number of hydrogen-bond acceptors (Lipinski definition) is 4. The minimum Gasteiger partial charge on any atom is -0.496 e. The fourth-order valence-corrected chi connectivity index (χ4v) is 2.98. The van der Waals surface area contributed by atoms with Gasteiger partial charge in [0.25, 0.3) is 0 Å². The van der Waals surface area contributed by atoms with Crippen LogP contribution >= 0.6 is 11.6 Å². The number of rotatable bonds is 5. The van der Waals surface area contributed by atoms with E-state index < -0.39 is 0 Å². The molecule has 2 aromatic rings. The first-order valence-corrected chi connectivity index (χ1v) is 7.68. The molecule has 23 heavy (non-hydrogen) atoms. The standard InChI is InChI=1S/C18H17ClO4/c1-11(20)7-14(15-9-13(19)4-6-16(15)21-2)12-3-5-17-18(8-12)23-10-22-17/h3-6,8-9,14H,7,10H2,1-2H3/t14-/m1/s1. The van der Waals surface area contributed by atoms with Gasteiger partial charge in [0.1, 0.15) is 11.5 Å². The van der Waals surface area contributed by atoms with Gasteiger partial charge in [-0.15, -0.1) is 0 Å². The van der Waals surface area contributed by atoms with E-state index in [2.05, 4.69) is 0 Å². The minimum atomic E-state index is -0.157. The first-order valence-electron chi connectivity index (χ1n) is 7.31.